The van der Waals surface area contributed by atoms with Gasteiger partial charge in [0.05, 0.1) is 13.2 Å². The molecule has 3 N–H and O–H groups in total. The van der Waals surface area contributed by atoms with E-state index in [1.807, 2.05) is 17.9 Å². The van der Waals surface area contributed by atoms with E-state index >= 15 is 0 Å². The van der Waals surface area contributed by atoms with Crippen LogP contribution in [0.3, 0.4) is 0 Å². The number of aliphatic hydroxyl groups is 2. The fraction of sp³-hybridized carbons (Fsp3) is 0.600. The highest BCUT2D eigenvalue weighted by atomic mass is 19.1. The van der Waals surface area contributed by atoms with Crippen LogP contribution in [-0.2, 0) is 0 Å². The first-order valence-electron chi connectivity index (χ1n) is 7.14. The van der Waals surface area contributed by atoms with Crippen molar-refractivity contribution < 1.29 is 14.6 Å². The predicted molar refractivity (Wildman–Crippen MR) is 78.0 cm³/mol. The Bertz CT molecular complexity index is 371. The molecule has 114 valence electrons. The van der Waals surface area contributed by atoms with Gasteiger partial charge >= 0.3 is 0 Å². The standard InChI is InChI=1S/C15H25FN2O2/c1-2-17-15(13-4-3-5-14(16)12-13)6-7-18(8-10-19)9-11-20/h3-5,12,15,17,19-20H,2,6-11H2,1H3. The smallest absolute Gasteiger partial charge is 0.123 e. The van der Waals surface area contributed by atoms with E-state index in [0.717, 1.165) is 25.1 Å². The second-order valence-electron chi connectivity index (χ2n) is 4.74. The minimum Gasteiger partial charge on any atom is -0.395 e. The van der Waals surface area contributed by atoms with Crippen LogP contribution >= 0.6 is 0 Å². The molecule has 0 saturated heterocycles. The van der Waals surface area contributed by atoms with E-state index in [1.165, 1.54) is 6.07 Å². The summed E-state index contributed by atoms with van der Waals surface area (Å²) in [5, 5.41) is 21.3. The second-order valence-corrected chi connectivity index (χ2v) is 4.74. The van der Waals surface area contributed by atoms with E-state index in [4.69, 9.17) is 10.2 Å². The first-order chi connectivity index (χ1) is 9.71. The van der Waals surface area contributed by atoms with Crippen LogP contribution in [0, 0.1) is 5.82 Å². The van der Waals surface area contributed by atoms with E-state index in [2.05, 4.69) is 5.32 Å². The number of nitrogens with one attached hydrogen (secondary N) is 1. The highest BCUT2D eigenvalue weighted by molar-refractivity contribution is 5.20. The number of hydrogen-bond acceptors (Lipinski definition) is 4. The van der Waals surface area contributed by atoms with Crippen LogP contribution in [0.25, 0.3) is 0 Å². The first-order valence-corrected chi connectivity index (χ1v) is 7.14. The lowest BCUT2D eigenvalue weighted by atomic mass is 10.0. The molecule has 1 aromatic carbocycles. The van der Waals surface area contributed by atoms with E-state index in [0.29, 0.717) is 13.1 Å². The van der Waals surface area contributed by atoms with Crippen molar-refractivity contribution >= 4 is 0 Å². The van der Waals surface area contributed by atoms with Crippen LogP contribution < -0.4 is 5.32 Å². The third-order valence-electron chi connectivity index (χ3n) is 3.27. The Hall–Kier alpha value is -1.01. The predicted octanol–water partition coefficient (Wildman–Crippen LogP) is 1.15. The van der Waals surface area contributed by atoms with Gasteiger partial charge in [0.2, 0.25) is 0 Å². The summed E-state index contributed by atoms with van der Waals surface area (Å²) >= 11 is 0. The average Bonchev–Trinajstić information content (AvgIpc) is 2.43. The van der Waals surface area contributed by atoms with Crippen molar-refractivity contribution in [2.45, 2.75) is 19.4 Å². The van der Waals surface area contributed by atoms with Gasteiger partial charge in [-0.15, -0.1) is 0 Å². The van der Waals surface area contributed by atoms with Gasteiger partial charge in [0.1, 0.15) is 5.82 Å². The third-order valence-corrected chi connectivity index (χ3v) is 3.27. The summed E-state index contributed by atoms with van der Waals surface area (Å²) in [7, 11) is 0. The molecule has 0 bridgehead atoms. The lowest BCUT2D eigenvalue weighted by Gasteiger charge is -2.24. The summed E-state index contributed by atoms with van der Waals surface area (Å²) in [6.07, 6.45) is 0.803. The largest absolute Gasteiger partial charge is 0.395 e. The number of halogens is 1. The summed E-state index contributed by atoms with van der Waals surface area (Å²) in [5.74, 6) is -0.229. The van der Waals surface area contributed by atoms with Gasteiger partial charge in [-0.3, -0.25) is 4.90 Å². The van der Waals surface area contributed by atoms with Crippen molar-refractivity contribution in [2.24, 2.45) is 0 Å². The molecule has 1 rings (SSSR count). The Morgan fingerprint density at radius 2 is 1.90 bits per heavy atom. The number of hydrogen-bond donors (Lipinski definition) is 3. The van der Waals surface area contributed by atoms with Crippen LogP contribution in [-0.4, -0.2) is 54.5 Å². The molecule has 5 heteroatoms. The normalized spacial score (nSPS) is 12.8. The van der Waals surface area contributed by atoms with E-state index in [9.17, 15) is 4.39 Å². The average molecular weight is 284 g/mol. The van der Waals surface area contributed by atoms with Gasteiger partial charge in [0, 0.05) is 25.7 Å². The van der Waals surface area contributed by atoms with Crippen LogP contribution in [0.1, 0.15) is 24.9 Å². The van der Waals surface area contributed by atoms with Crippen molar-refractivity contribution in [3.05, 3.63) is 35.6 Å². The Morgan fingerprint density at radius 1 is 1.20 bits per heavy atom. The Labute approximate surface area is 120 Å². The highest BCUT2D eigenvalue weighted by Gasteiger charge is 2.13. The van der Waals surface area contributed by atoms with Crippen LogP contribution in [0.15, 0.2) is 24.3 Å². The summed E-state index contributed by atoms with van der Waals surface area (Å²) < 4.78 is 13.3. The summed E-state index contributed by atoms with van der Waals surface area (Å²) in [6.45, 7) is 4.81. The molecule has 0 fully saturated rings. The van der Waals surface area contributed by atoms with E-state index < -0.39 is 0 Å². The zero-order valence-electron chi connectivity index (χ0n) is 12.1. The monoisotopic (exact) mass is 284 g/mol. The molecule has 1 aromatic rings. The SMILES string of the molecule is CCNC(CCN(CCO)CCO)c1cccc(F)c1. The molecule has 0 spiro atoms. The lowest BCUT2D eigenvalue weighted by Crippen LogP contribution is -2.33. The molecule has 0 aliphatic heterocycles. The highest BCUT2D eigenvalue weighted by Crippen LogP contribution is 2.18. The van der Waals surface area contributed by atoms with Crippen molar-refractivity contribution in [3.63, 3.8) is 0 Å². The van der Waals surface area contributed by atoms with Crippen LogP contribution in [0.4, 0.5) is 4.39 Å². The molecule has 0 saturated carbocycles. The quantitative estimate of drug-likeness (QED) is 0.603. The molecule has 0 heterocycles. The van der Waals surface area contributed by atoms with Crippen molar-refractivity contribution in [2.75, 3.05) is 39.4 Å². The molecule has 0 aliphatic rings. The van der Waals surface area contributed by atoms with Crippen molar-refractivity contribution in [1.82, 2.24) is 10.2 Å². The lowest BCUT2D eigenvalue weighted by molar-refractivity contribution is 0.156. The van der Waals surface area contributed by atoms with Crippen LogP contribution in [0.5, 0.6) is 0 Å². The number of benzene rings is 1. The molecule has 20 heavy (non-hydrogen) atoms. The van der Waals surface area contributed by atoms with Gasteiger partial charge in [-0.1, -0.05) is 19.1 Å². The maximum absolute atomic E-state index is 13.3. The number of nitrogens with zero attached hydrogens (tertiary/aromatic N) is 1. The minimum absolute atomic E-state index is 0.0752. The molecule has 0 amide bonds. The zero-order valence-corrected chi connectivity index (χ0v) is 12.1. The molecular formula is C15H25FN2O2. The summed E-state index contributed by atoms with van der Waals surface area (Å²) in [6, 6.07) is 6.70. The third kappa shape index (κ3) is 5.96. The van der Waals surface area contributed by atoms with Crippen molar-refractivity contribution in [1.29, 1.82) is 0 Å². The topological polar surface area (TPSA) is 55.7 Å². The minimum atomic E-state index is -0.229. The van der Waals surface area contributed by atoms with Crippen LogP contribution in [0.2, 0.25) is 0 Å². The summed E-state index contributed by atoms with van der Waals surface area (Å²) in [5.41, 5.74) is 0.930. The van der Waals surface area contributed by atoms with Gasteiger partial charge in [0.25, 0.3) is 0 Å². The molecule has 4 nitrogen and oxygen atoms in total. The maximum Gasteiger partial charge on any atom is 0.123 e. The van der Waals surface area contributed by atoms with Gasteiger partial charge in [-0.05, 0) is 30.7 Å². The van der Waals surface area contributed by atoms with E-state index in [1.54, 1.807) is 12.1 Å². The zero-order chi connectivity index (χ0) is 14.8. The van der Waals surface area contributed by atoms with Crippen molar-refractivity contribution in [3.8, 4) is 0 Å². The molecule has 1 atom stereocenters. The molecule has 0 radical (unpaired) electrons. The molecule has 0 aliphatic carbocycles. The van der Waals surface area contributed by atoms with Gasteiger partial charge in [-0.2, -0.15) is 0 Å². The van der Waals surface area contributed by atoms with E-state index in [-0.39, 0.29) is 25.1 Å². The van der Waals surface area contributed by atoms with Gasteiger partial charge < -0.3 is 15.5 Å². The number of aliphatic hydroxyl groups excluding tert-OH is 2. The molecular weight excluding hydrogens is 259 g/mol. The van der Waals surface area contributed by atoms with Gasteiger partial charge in [-0.25, -0.2) is 4.39 Å². The Balaban J connectivity index is 2.62. The molecule has 1 unspecified atom stereocenters. The van der Waals surface area contributed by atoms with Gasteiger partial charge in [0.15, 0.2) is 0 Å². The first kappa shape index (κ1) is 17.0. The Morgan fingerprint density at radius 3 is 2.45 bits per heavy atom. The fourth-order valence-electron chi connectivity index (χ4n) is 2.29. The molecule has 0 aromatic heterocycles. The fourth-order valence-corrected chi connectivity index (χ4v) is 2.29. The summed E-state index contributed by atoms with van der Waals surface area (Å²) in [4.78, 5) is 2.00. The second kappa shape index (κ2) is 9.83. The number of rotatable bonds is 10. The Kier molecular flexibility index (Phi) is 8.37. The maximum atomic E-state index is 13.3.